The van der Waals surface area contributed by atoms with Gasteiger partial charge in [-0.25, -0.2) is 4.39 Å². The Morgan fingerprint density at radius 3 is 2.52 bits per heavy atom. The van der Waals surface area contributed by atoms with Crippen molar-refractivity contribution in [2.24, 2.45) is 5.92 Å². The number of hydrogen-bond acceptors (Lipinski definition) is 5. The summed E-state index contributed by atoms with van der Waals surface area (Å²) in [6.45, 7) is 9.54. The van der Waals surface area contributed by atoms with Gasteiger partial charge in [-0.15, -0.1) is 0 Å². The Morgan fingerprint density at radius 1 is 1.33 bits per heavy atom. The number of carbonyl (C=O) groups excluding carboxylic acids is 1. The average Bonchev–Trinajstić information content (AvgIpc) is 2.63. The number of benzene rings is 1. The highest BCUT2D eigenvalue weighted by atomic mass is 19.1. The van der Waals surface area contributed by atoms with Gasteiger partial charge in [-0.1, -0.05) is 13.8 Å². The number of rotatable bonds is 7. The second kappa shape index (κ2) is 9.16. The lowest BCUT2D eigenvalue weighted by molar-refractivity contribution is -0.124. The van der Waals surface area contributed by atoms with Crippen LogP contribution >= 0.6 is 0 Å². The maximum Gasteiger partial charge on any atom is 0.235 e. The highest BCUT2D eigenvalue weighted by molar-refractivity contribution is 5.79. The van der Waals surface area contributed by atoms with Crippen molar-refractivity contribution in [3.05, 3.63) is 29.6 Å². The zero-order chi connectivity index (χ0) is 20.0. The summed E-state index contributed by atoms with van der Waals surface area (Å²) < 4.78 is 18.8. The van der Waals surface area contributed by atoms with E-state index in [1.807, 2.05) is 13.8 Å². The summed E-state index contributed by atoms with van der Waals surface area (Å²) in [7, 11) is 1.58. The van der Waals surface area contributed by atoms with Gasteiger partial charge in [0.15, 0.2) is 0 Å². The molecule has 0 aromatic heterocycles. The van der Waals surface area contributed by atoms with Gasteiger partial charge in [0.1, 0.15) is 17.1 Å². The highest BCUT2D eigenvalue weighted by Gasteiger charge is 2.30. The number of piperazine rings is 1. The van der Waals surface area contributed by atoms with E-state index in [0.717, 1.165) is 31.7 Å². The van der Waals surface area contributed by atoms with Crippen LogP contribution in [0.1, 0.15) is 26.3 Å². The average molecular weight is 376 g/mol. The number of carbonyl (C=O) groups is 1. The number of hydrogen-bond donors (Lipinski definition) is 1. The fourth-order valence-corrected chi connectivity index (χ4v) is 3.05. The quantitative estimate of drug-likeness (QED) is 0.788. The number of amides is 1. The zero-order valence-corrected chi connectivity index (χ0v) is 16.6. The van der Waals surface area contributed by atoms with E-state index in [1.165, 1.54) is 12.1 Å². The molecular formula is C20H29FN4O2. The van der Waals surface area contributed by atoms with Crippen LogP contribution in [-0.4, -0.2) is 61.1 Å². The molecule has 1 aliphatic heterocycles. The third-order valence-corrected chi connectivity index (χ3v) is 5.25. The minimum atomic E-state index is -0.854. The Hall–Kier alpha value is -2.17. The molecule has 0 unspecified atom stereocenters. The second-order valence-corrected chi connectivity index (χ2v) is 7.53. The zero-order valence-electron chi connectivity index (χ0n) is 16.6. The molecule has 1 fully saturated rings. The normalized spacial score (nSPS) is 18.0. The summed E-state index contributed by atoms with van der Waals surface area (Å²) in [5, 5.41) is 12.2. The predicted octanol–water partition coefficient (Wildman–Crippen LogP) is 2.01. The maximum absolute atomic E-state index is 13.5. The van der Waals surface area contributed by atoms with Crippen LogP contribution in [0.4, 0.5) is 4.39 Å². The molecule has 0 radical (unpaired) electrons. The Kier molecular flexibility index (Phi) is 7.17. The van der Waals surface area contributed by atoms with E-state index in [0.29, 0.717) is 12.3 Å². The fraction of sp³-hybridized carbons (Fsp3) is 0.600. The molecule has 1 atom stereocenters. The maximum atomic E-state index is 13.5. The highest BCUT2D eigenvalue weighted by Crippen LogP contribution is 2.21. The van der Waals surface area contributed by atoms with Crippen LogP contribution in [0.15, 0.2) is 18.2 Å². The lowest BCUT2D eigenvalue weighted by Gasteiger charge is -2.35. The van der Waals surface area contributed by atoms with Crippen LogP contribution in [0.2, 0.25) is 0 Å². The molecule has 27 heavy (non-hydrogen) atoms. The minimum absolute atomic E-state index is 0.0320. The summed E-state index contributed by atoms with van der Waals surface area (Å²) in [5.41, 5.74) is -0.0299. The first-order valence-electron chi connectivity index (χ1n) is 9.26. The first-order chi connectivity index (χ1) is 12.8. The van der Waals surface area contributed by atoms with Crippen molar-refractivity contribution in [3.8, 4) is 11.8 Å². The molecule has 1 N–H and O–H groups in total. The van der Waals surface area contributed by atoms with Gasteiger partial charge in [0.05, 0.1) is 19.7 Å². The second-order valence-electron chi connectivity index (χ2n) is 7.53. The summed E-state index contributed by atoms with van der Waals surface area (Å²) in [5.74, 6) is 0.312. The monoisotopic (exact) mass is 376 g/mol. The van der Waals surface area contributed by atoms with E-state index in [1.54, 1.807) is 20.1 Å². The molecule has 0 spiro atoms. The van der Waals surface area contributed by atoms with E-state index in [4.69, 9.17) is 4.74 Å². The third kappa shape index (κ3) is 5.65. The standard InChI is InChI=1S/C20H29FN4O2/c1-15(2)20(3,14-22)23-19(26)13-25-9-7-24(8-10-25)12-16-11-17(21)5-6-18(16)27-4/h5-6,11,15H,7-10,12-13H2,1-4H3,(H,23,26)/t20-/m1/s1. The van der Waals surface area contributed by atoms with Crippen LogP contribution < -0.4 is 10.1 Å². The third-order valence-electron chi connectivity index (χ3n) is 5.25. The lowest BCUT2D eigenvalue weighted by Crippen LogP contribution is -2.54. The molecule has 0 aliphatic carbocycles. The van der Waals surface area contributed by atoms with Gasteiger partial charge >= 0.3 is 0 Å². The van der Waals surface area contributed by atoms with Crippen LogP contribution in [-0.2, 0) is 11.3 Å². The van der Waals surface area contributed by atoms with Crippen LogP contribution in [0, 0.1) is 23.1 Å². The summed E-state index contributed by atoms with van der Waals surface area (Å²) in [4.78, 5) is 16.6. The molecule has 7 heteroatoms. The molecule has 1 saturated heterocycles. The molecule has 1 amide bonds. The van der Waals surface area contributed by atoms with E-state index >= 15 is 0 Å². The smallest absolute Gasteiger partial charge is 0.235 e. The number of nitriles is 1. The van der Waals surface area contributed by atoms with Gasteiger partial charge < -0.3 is 10.1 Å². The molecule has 148 valence electrons. The van der Waals surface area contributed by atoms with E-state index in [-0.39, 0.29) is 24.2 Å². The van der Waals surface area contributed by atoms with Crippen molar-refractivity contribution < 1.29 is 13.9 Å². The minimum Gasteiger partial charge on any atom is -0.496 e. The summed E-state index contributed by atoms with van der Waals surface area (Å²) in [6.07, 6.45) is 0. The Balaban J connectivity index is 1.85. The Labute approximate surface area is 160 Å². The number of nitrogens with zero attached hydrogens (tertiary/aromatic N) is 3. The molecule has 0 saturated carbocycles. The molecule has 0 bridgehead atoms. The molecule has 2 rings (SSSR count). The molecular weight excluding hydrogens is 347 g/mol. The van der Waals surface area contributed by atoms with Crippen molar-refractivity contribution in [1.82, 2.24) is 15.1 Å². The van der Waals surface area contributed by atoms with Gasteiger partial charge in [0.2, 0.25) is 5.91 Å². The number of halogens is 1. The van der Waals surface area contributed by atoms with Crippen LogP contribution in [0.5, 0.6) is 5.75 Å². The summed E-state index contributed by atoms with van der Waals surface area (Å²) in [6, 6.07) is 6.74. The molecule has 1 aromatic rings. The van der Waals surface area contributed by atoms with Crippen molar-refractivity contribution in [1.29, 1.82) is 5.26 Å². The topological polar surface area (TPSA) is 68.6 Å². The number of nitrogens with one attached hydrogen (secondary N) is 1. The molecule has 6 nitrogen and oxygen atoms in total. The van der Waals surface area contributed by atoms with Gasteiger partial charge in [0.25, 0.3) is 0 Å². The van der Waals surface area contributed by atoms with E-state index in [9.17, 15) is 14.4 Å². The van der Waals surface area contributed by atoms with Crippen molar-refractivity contribution in [3.63, 3.8) is 0 Å². The van der Waals surface area contributed by atoms with Crippen molar-refractivity contribution >= 4 is 5.91 Å². The Morgan fingerprint density at radius 2 is 1.96 bits per heavy atom. The van der Waals surface area contributed by atoms with E-state index < -0.39 is 5.54 Å². The molecule has 1 heterocycles. The van der Waals surface area contributed by atoms with E-state index in [2.05, 4.69) is 21.2 Å². The van der Waals surface area contributed by atoms with Gasteiger partial charge in [-0.2, -0.15) is 5.26 Å². The largest absolute Gasteiger partial charge is 0.496 e. The first-order valence-corrected chi connectivity index (χ1v) is 9.26. The lowest BCUT2D eigenvalue weighted by atomic mass is 9.90. The number of methoxy groups -OCH3 is 1. The molecule has 1 aromatic carbocycles. The van der Waals surface area contributed by atoms with Crippen molar-refractivity contribution in [2.45, 2.75) is 32.9 Å². The van der Waals surface area contributed by atoms with Crippen molar-refractivity contribution in [2.75, 3.05) is 39.8 Å². The van der Waals surface area contributed by atoms with Crippen LogP contribution in [0.3, 0.4) is 0 Å². The van der Waals surface area contributed by atoms with Gasteiger partial charge in [-0.3, -0.25) is 14.6 Å². The number of ether oxygens (including phenoxy) is 1. The molecule has 1 aliphatic rings. The summed E-state index contributed by atoms with van der Waals surface area (Å²) >= 11 is 0. The first kappa shape index (κ1) is 21.1. The SMILES string of the molecule is COc1ccc(F)cc1CN1CCN(CC(=O)N[C@](C)(C#N)C(C)C)CC1. The predicted molar refractivity (Wildman–Crippen MR) is 102 cm³/mol. The fourth-order valence-electron chi connectivity index (χ4n) is 3.05. The Bertz CT molecular complexity index is 696. The van der Waals surface area contributed by atoms with Gasteiger partial charge in [-0.05, 0) is 31.0 Å². The van der Waals surface area contributed by atoms with Gasteiger partial charge in [0, 0.05) is 38.3 Å². The van der Waals surface area contributed by atoms with Crippen LogP contribution in [0.25, 0.3) is 0 Å².